The SMILES string of the molecule is OCC1SC(c2c(O)cc(Cc3ccc(OC4CCOC4)cc3)cc2O)C(O)C(O)C1O. The Bertz CT molecular complexity index is 890. The molecule has 2 heterocycles. The number of hydrogen-bond acceptors (Lipinski definition) is 9. The number of benzene rings is 2. The van der Waals surface area contributed by atoms with Crippen LogP contribution in [0.1, 0.15) is 28.4 Å². The second kappa shape index (κ2) is 9.86. The van der Waals surface area contributed by atoms with Gasteiger partial charge in [-0.1, -0.05) is 12.1 Å². The molecule has 2 aromatic rings. The number of aliphatic hydroxyl groups is 4. The topological polar surface area (TPSA) is 140 Å². The Labute approximate surface area is 190 Å². The van der Waals surface area contributed by atoms with Crippen LogP contribution < -0.4 is 4.74 Å². The van der Waals surface area contributed by atoms with Gasteiger partial charge in [0.15, 0.2) is 0 Å². The fraction of sp³-hybridized carbons (Fsp3) is 0.478. The predicted octanol–water partition coefficient (Wildman–Crippen LogP) is 1.09. The number of rotatable bonds is 6. The van der Waals surface area contributed by atoms with Crippen molar-refractivity contribution in [1.82, 2.24) is 0 Å². The van der Waals surface area contributed by atoms with Crippen molar-refractivity contribution in [2.24, 2.45) is 0 Å². The van der Waals surface area contributed by atoms with Crippen molar-refractivity contribution in [3.63, 3.8) is 0 Å². The Morgan fingerprint density at radius 2 is 1.62 bits per heavy atom. The molecular weight excluding hydrogens is 436 g/mol. The lowest BCUT2D eigenvalue weighted by Crippen LogP contribution is -2.51. The van der Waals surface area contributed by atoms with Crippen molar-refractivity contribution in [3.8, 4) is 17.2 Å². The summed E-state index contributed by atoms with van der Waals surface area (Å²) in [5.41, 5.74) is 1.69. The molecule has 8 nitrogen and oxygen atoms in total. The molecule has 2 aliphatic rings. The first kappa shape index (κ1) is 23.2. The molecule has 0 amide bonds. The van der Waals surface area contributed by atoms with E-state index in [0.717, 1.165) is 29.5 Å². The molecule has 32 heavy (non-hydrogen) atoms. The number of hydrogen-bond donors (Lipinski definition) is 6. The zero-order chi connectivity index (χ0) is 22.8. The normalized spacial score (nSPS) is 30.4. The van der Waals surface area contributed by atoms with E-state index in [4.69, 9.17) is 9.47 Å². The first-order valence-corrected chi connectivity index (χ1v) is 11.5. The molecule has 0 saturated carbocycles. The van der Waals surface area contributed by atoms with E-state index in [2.05, 4.69) is 0 Å². The molecule has 0 spiro atoms. The second-order valence-corrected chi connectivity index (χ2v) is 9.61. The van der Waals surface area contributed by atoms with Gasteiger partial charge in [-0.2, -0.15) is 0 Å². The highest BCUT2D eigenvalue weighted by Gasteiger charge is 2.45. The highest BCUT2D eigenvalue weighted by Crippen LogP contribution is 2.49. The minimum absolute atomic E-state index is 0.0678. The van der Waals surface area contributed by atoms with Crippen molar-refractivity contribution in [1.29, 1.82) is 0 Å². The zero-order valence-corrected chi connectivity index (χ0v) is 18.2. The summed E-state index contributed by atoms with van der Waals surface area (Å²) in [6, 6.07) is 10.6. The van der Waals surface area contributed by atoms with E-state index in [0.29, 0.717) is 25.2 Å². The van der Waals surface area contributed by atoms with Crippen molar-refractivity contribution in [2.75, 3.05) is 19.8 Å². The lowest BCUT2D eigenvalue weighted by Gasteiger charge is -2.39. The Hall–Kier alpha value is -2.01. The average molecular weight is 465 g/mol. The molecule has 0 bridgehead atoms. The smallest absolute Gasteiger partial charge is 0.124 e. The highest BCUT2D eigenvalue weighted by atomic mass is 32.2. The van der Waals surface area contributed by atoms with Crippen LogP contribution >= 0.6 is 11.8 Å². The van der Waals surface area contributed by atoms with Gasteiger partial charge in [-0.05, 0) is 41.8 Å². The number of thioether (sulfide) groups is 1. The van der Waals surface area contributed by atoms with E-state index in [1.807, 2.05) is 24.3 Å². The lowest BCUT2D eigenvalue weighted by molar-refractivity contribution is -0.0703. The monoisotopic (exact) mass is 464 g/mol. The largest absolute Gasteiger partial charge is 0.507 e. The standard InChI is InChI=1S/C23H28O8S/c24-10-18-20(27)21(28)22(29)23(32-18)19-16(25)8-13(9-17(19)26)7-12-1-3-14(4-2-12)31-15-5-6-30-11-15/h1-4,8-9,15,18,20-29H,5-7,10-11H2. The molecule has 6 unspecified atom stereocenters. The van der Waals surface area contributed by atoms with Gasteiger partial charge in [-0.15, -0.1) is 11.8 Å². The summed E-state index contributed by atoms with van der Waals surface area (Å²) in [6.07, 6.45) is -2.84. The minimum atomic E-state index is -1.51. The Morgan fingerprint density at radius 3 is 2.22 bits per heavy atom. The molecule has 2 saturated heterocycles. The quantitative estimate of drug-likeness (QED) is 0.371. The van der Waals surface area contributed by atoms with Crippen LogP contribution in [0, 0.1) is 0 Å². The fourth-order valence-electron chi connectivity index (χ4n) is 4.13. The molecular formula is C23H28O8S. The van der Waals surface area contributed by atoms with Gasteiger partial charge in [0.2, 0.25) is 0 Å². The van der Waals surface area contributed by atoms with Gasteiger partial charge >= 0.3 is 0 Å². The van der Waals surface area contributed by atoms with Gasteiger partial charge < -0.3 is 40.1 Å². The molecule has 0 aliphatic carbocycles. The molecule has 6 N–H and O–H groups in total. The lowest BCUT2D eigenvalue weighted by atomic mass is 9.94. The van der Waals surface area contributed by atoms with E-state index in [-0.39, 0.29) is 23.2 Å². The van der Waals surface area contributed by atoms with Crippen molar-refractivity contribution in [3.05, 3.63) is 53.1 Å². The molecule has 0 radical (unpaired) electrons. The van der Waals surface area contributed by atoms with E-state index in [1.165, 1.54) is 12.1 Å². The molecule has 2 aliphatic heterocycles. The number of phenolic OH excluding ortho intramolecular Hbond substituents is 2. The molecule has 2 fully saturated rings. The second-order valence-electron chi connectivity index (χ2n) is 8.22. The average Bonchev–Trinajstić information content (AvgIpc) is 3.28. The summed E-state index contributed by atoms with van der Waals surface area (Å²) in [6.45, 7) is 0.886. The van der Waals surface area contributed by atoms with Crippen LogP contribution in [-0.2, 0) is 11.2 Å². The number of phenols is 2. The van der Waals surface area contributed by atoms with Crippen molar-refractivity contribution in [2.45, 2.75) is 47.8 Å². The molecule has 6 atom stereocenters. The van der Waals surface area contributed by atoms with E-state index >= 15 is 0 Å². The summed E-state index contributed by atoms with van der Waals surface area (Å²) in [7, 11) is 0. The number of ether oxygens (including phenoxy) is 2. The predicted molar refractivity (Wildman–Crippen MR) is 118 cm³/mol. The third-order valence-electron chi connectivity index (χ3n) is 5.90. The van der Waals surface area contributed by atoms with Crippen LogP contribution in [-0.4, -0.2) is 80.1 Å². The van der Waals surface area contributed by atoms with Gasteiger partial charge in [-0.25, -0.2) is 0 Å². The van der Waals surface area contributed by atoms with Crippen LogP contribution in [0.2, 0.25) is 0 Å². The summed E-state index contributed by atoms with van der Waals surface area (Å²) in [4.78, 5) is 0. The van der Waals surface area contributed by atoms with Crippen molar-refractivity contribution < 1.29 is 40.1 Å². The van der Waals surface area contributed by atoms with Gasteiger partial charge in [0, 0.05) is 6.42 Å². The minimum Gasteiger partial charge on any atom is -0.507 e. The van der Waals surface area contributed by atoms with Crippen LogP contribution in [0.4, 0.5) is 0 Å². The van der Waals surface area contributed by atoms with Crippen LogP contribution in [0.15, 0.2) is 36.4 Å². The molecule has 2 aromatic carbocycles. The van der Waals surface area contributed by atoms with Gasteiger partial charge in [-0.3, -0.25) is 0 Å². The Balaban J connectivity index is 1.49. The third-order valence-corrected chi connectivity index (χ3v) is 7.48. The summed E-state index contributed by atoms with van der Waals surface area (Å²) in [5, 5.41) is 59.5. The number of aromatic hydroxyl groups is 2. The van der Waals surface area contributed by atoms with E-state index in [1.54, 1.807) is 0 Å². The van der Waals surface area contributed by atoms with Crippen molar-refractivity contribution >= 4 is 11.8 Å². The molecule has 0 aromatic heterocycles. The summed E-state index contributed by atoms with van der Waals surface area (Å²) in [5.74, 6) is 0.309. The maximum absolute atomic E-state index is 10.6. The first-order valence-electron chi connectivity index (χ1n) is 10.6. The Kier molecular flexibility index (Phi) is 7.14. The highest BCUT2D eigenvalue weighted by molar-refractivity contribution is 8.00. The van der Waals surface area contributed by atoms with E-state index < -0.39 is 35.4 Å². The van der Waals surface area contributed by atoms with Crippen LogP contribution in [0.5, 0.6) is 17.2 Å². The first-order chi connectivity index (χ1) is 15.4. The number of aliphatic hydroxyl groups excluding tert-OH is 4. The summed E-state index contributed by atoms with van der Waals surface area (Å²) >= 11 is 1.00. The maximum atomic E-state index is 10.6. The van der Waals surface area contributed by atoms with Gasteiger partial charge in [0.05, 0.1) is 48.1 Å². The fourth-order valence-corrected chi connectivity index (χ4v) is 5.62. The molecule has 4 rings (SSSR count). The van der Waals surface area contributed by atoms with Crippen LogP contribution in [0.25, 0.3) is 0 Å². The summed E-state index contributed by atoms with van der Waals surface area (Å²) < 4.78 is 11.2. The van der Waals surface area contributed by atoms with Gasteiger partial charge in [0.25, 0.3) is 0 Å². The molecule has 9 heteroatoms. The molecule has 174 valence electrons. The van der Waals surface area contributed by atoms with Crippen LogP contribution in [0.3, 0.4) is 0 Å². The third kappa shape index (κ3) is 4.83. The maximum Gasteiger partial charge on any atom is 0.124 e. The van der Waals surface area contributed by atoms with E-state index in [9.17, 15) is 30.6 Å². The Morgan fingerprint density at radius 1 is 0.938 bits per heavy atom. The zero-order valence-electron chi connectivity index (χ0n) is 17.4. The van der Waals surface area contributed by atoms with Gasteiger partial charge in [0.1, 0.15) is 29.5 Å².